The molecule has 0 saturated heterocycles. The van der Waals surface area contributed by atoms with Gasteiger partial charge in [0.25, 0.3) is 0 Å². The van der Waals surface area contributed by atoms with Crippen LogP contribution in [0.25, 0.3) is 0 Å². The molecule has 50 valence electrons. The van der Waals surface area contributed by atoms with Gasteiger partial charge in [0, 0.05) is 27.5 Å². The molecule has 0 heterocycles. The fourth-order valence-corrected chi connectivity index (χ4v) is 0.304. The van der Waals surface area contributed by atoms with Crippen molar-refractivity contribution in [3.05, 3.63) is 12.2 Å². The summed E-state index contributed by atoms with van der Waals surface area (Å²) in [6.07, 6.45) is 3.95. The standard InChI is InChI=1S/C6H10O.Pt/c1-3-5-6(7)4-2;/h3,5H,4H2,1-2H3;. The summed E-state index contributed by atoms with van der Waals surface area (Å²) < 4.78 is 0. The fourth-order valence-electron chi connectivity index (χ4n) is 0.304. The monoisotopic (exact) mass is 293 g/mol. The van der Waals surface area contributed by atoms with Gasteiger partial charge in [0.15, 0.2) is 5.78 Å². The molecule has 0 aromatic rings. The quantitative estimate of drug-likeness (QED) is 0.706. The first kappa shape index (κ1) is 11.0. The van der Waals surface area contributed by atoms with Crippen LogP contribution in [-0.2, 0) is 25.9 Å². The largest absolute Gasteiger partial charge is 0.295 e. The summed E-state index contributed by atoms with van der Waals surface area (Å²) in [6, 6.07) is 0. The average Bonchev–Trinajstić information content (AvgIpc) is 1.68. The third-order valence-electron chi connectivity index (χ3n) is 0.701. The van der Waals surface area contributed by atoms with Crippen LogP contribution >= 0.6 is 0 Å². The van der Waals surface area contributed by atoms with Gasteiger partial charge in [0.05, 0.1) is 0 Å². The summed E-state index contributed by atoms with van der Waals surface area (Å²) in [7, 11) is 0. The Morgan fingerprint density at radius 2 is 2.12 bits per heavy atom. The number of carbonyl (C=O) groups is 1. The molecule has 0 unspecified atom stereocenters. The third-order valence-corrected chi connectivity index (χ3v) is 0.701. The first-order valence-corrected chi connectivity index (χ1v) is 2.46. The maximum Gasteiger partial charge on any atom is 0.155 e. The molecule has 0 N–H and O–H groups in total. The number of rotatable bonds is 2. The van der Waals surface area contributed by atoms with Crippen molar-refractivity contribution in [1.29, 1.82) is 0 Å². The van der Waals surface area contributed by atoms with Gasteiger partial charge < -0.3 is 0 Å². The van der Waals surface area contributed by atoms with Crippen molar-refractivity contribution in [2.75, 3.05) is 0 Å². The number of allylic oxidation sites excluding steroid dienone is 2. The summed E-state index contributed by atoms with van der Waals surface area (Å²) >= 11 is 0. The fraction of sp³-hybridized carbons (Fsp3) is 0.500. The van der Waals surface area contributed by atoms with Crippen LogP contribution in [0.1, 0.15) is 20.3 Å². The smallest absolute Gasteiger partial charge is 0.155 e. The van der Waals surface area contributed by atoms with Crippen LogP contribution in [-0.4, -0.2) is 5.78 Å². The summed E-state index contributed by atoms with van der Waals surface area (Å²) in [4.78, 5) is 10.3. The maximum atomic E-state index is 10.3. The van der Waals surface area contributed by atoms with E-state index in [4.69, 9.17) is 0 Å². The topological polar surface area (TPSA) is 17.1 Å². The number of hydrogen-bond acceptors (Lipinski definition) is 1. The molecule has 2 heteroatoms. The minimum atomic E-state index is 0. The van der Waals surface area contributed by atoms with Crippen LogP contribution in [0, 0.1) is 0 Å². The number of ketones is 1. The summed E-state index contributed by atoms with van der Waals surface area (Å²) in [5.74, 6) is 0.197. The molecule has 0 aromatic heterocycles. The second-order valence-corrected chi connectivity index (χ2v) is 1.32. The Labute approximate surface area is 64.4 Å². The summed E-state index contributed by atoms with van der Waals surface area (Å²) in [5, 5.41) is 0. The zero-order valence-electron chi connectivity index (χ0n) is 5.09. The number of carbonyl (C=O) groups excluding carboxylic acids is 1. The molecule has 0 aliphatic rings. The van der Waals surface area contributed by atoms with E-state index in [0.717, 1.165) is 0 Å². The van der Waals surface area contributed by atoms with E-state index in [1.54, 1.807) is 12.2 Å². The van der Waals surface area contributed by atoms with Gasteiger partial charge in [0.1, 0.15) is 0 Å². The van der Waals surface area contributed by atoms with Crippen molar-refractivity contribution in [2.45, 2.75) is 20.3 Å². The third kappa shape index (κ3) is 6.10. The van der Waals surface area contributed by atoms with Gasteiger partial charge in [-0.3, -0.25) is 4.79 Å². The van der Waals surface area contributed by atoms with Crippen molar-refractivity contribution >= 4 is 5.78 Å². The van der Waals surface area contributed by atoms with Crippen LogP contribution in [0.5, 0.6) is 0 Å². The molecular weight excluding hydrogens is 283 g/mol. The van der Waals surface area contributed by atoms with Crippen molar-refractivity contribution in [2.24, 2.45) is 0 Å². The Kier molecular flexibility index (Phi) is 9.74. The minimum Gasteiger partial charge on any atom is -0.295 e. The maximum absolute atomic E-state index is 10.3. The predicted octanol–water partition coefficient (Wildman–Crippen LogP) is 1.54. The molecule has 0 atom stereocenters. The van der Waals surface area contributed by atoms with Gasteiger partial charge in [-0.2, -0.15) is 0 Å². The predicted molar refractivity (Wildman–Crippen MR) is 30.1 cm³/mol. The minimum absolute atomic E-state index is 0. The Balaban J connectivity index is 0. The van der Waals surface area contributed by atoms with E-state index in [1.165, 1.54) is 0 Å². The van der Waals surface area contributed by atoms with Crippen LogP contribution < -0.4 is 0 Å². The van der Waals surface area contributed by atoms with E-state index in [2.05, 4.69) is 0 Å². The zero-order chi connectivity index (χ0) is 5.70. The van der Waals surface area contributed by atoms with Gasteiger partial charge in [-0.05, 0) is 13.0 Å². The van der Waals surface area contributed by atoms with Crippen molar-refractivity contribution in [3.8, 4) is 0 Å². The first-order valence-electron chi connectivity index (χ1n) is 2.46. The Morgan fingerprint density at radius 1 is 1.62 bits per heavy atom. The van der Waals surface area contributed by atoms with Crippen LogP contribution in [0.4, 0.5) is 0 Å². The molecule has 0 fully saturated rings. The molecule has 0 bridgehead atoms. The van der Waals surface area contributed by atoms with Gasteiger partial charge in [0.2, 0.25) is 0 Å². The molecule has 0 aliphatic heterocycles. The van der Waals surface area contributed by atoms with Gasteiger partial charge in [-0.25, -0.2) is 0 Å². The number of hydrogen-bond donors (Lipinski definition) is 0. The van der Waals surface area contributed by atoms with E-state index in [0.29, 0.717) is 6.42 Å². The van der Waals surface area contributed by atoms with Gasteiger partial charge in [-0.1, -0.05) is 13.0 Å². The molecule has 0 spiro atoms. The summed E-state index contributed by atoms with van der Waals surface area (Å²) in [5.41, 5.74) is 0. The SMILES string of the molecule is CC=CC(=O)CC.[Pt]. The second kappa shape index (κ2) is 7.10. The van der Waals surface area contributed by atoms with Crippen LogP contribution in [0.3, 0.4) is 0 Å². The van der Waals surface area contributed by atoms with Gasteiger partial charge >= 0.3 is 0 Å². The normalized spacial score (nSPS) is 8.75. The van der Waals surface area contributed by atoms with Crippen LogP contribution in [0.2, 0.25) is 0 Å². The molecule has 1 nitrogen and oxygen atoms in total. The molecule has 0 rings (SSSR count). The molecule has 0 saturated carbocycles. The van der Waals surface area contributed by atoms with Crippen molar-refractivity contribution in [3.63, 3.8) is 0 Å². The van der Waals surface area contributed by atoms with Crippen molar-refractivity contribution < 1.29 is 25.9 Å². The van der Waals surface area contributed by atoms with E-state index in [1.807, 2.05) is 13.8 Å². The first-order chi connectivity index (χ1) is 3.31. The van der Waals surface area contributed by atoms with E-state index in [9.17, 15) is 4.79 Å². The van der Waals surface area contributed by atoms with E-state index < -0.39 is 0 Å². The molecule has 8 heavy (non-hydrogen) atoms. The van der Waals surface area contributed by atoms with Gasteiger partial charge in [-0.15, -0.1) is 0 Å². The van der Waals surface area contributed by atoms with E-state index >= 15 is 0 Å². The second-order valence-electron chi connectivity index (χ2n) is 1.32. The Hall–Kier alpha value is 0.0983. The molecule has 0 aromatic carbocycles. The van der Waals surface area contributed by atoms with E-state index in [-0.39, 0.29) is 26.8 Å². The average molecular weight is 293 g/mol. The molecule has 0 radical (unpaired) electrons. The molecule has 0 amide bonds. The van der Waals surface area contributed by atoms with Crippen LogP contribution in [0.15, 0.2) is 12.2 Å². The summed E-state index contributed by atoms with van der Waals surface area (Å²) in [6.45, 7) is 3.69. The Bertz CT molecular complexity index is 86.5. The molecule has 0 aliphatic carbocycles. The van der Waals surface area contributed by atoms with Crippen molar-refractivity contribution in [1.82, 2.24) is 0 Å². The Morgan fingerprint density at radius 3 is 2.25 bits per heavy atom. The molecular formula is C6H10OPt. The zero-order valence-corrected chi connectivity index (χ0v) is 7.36.